The molecule has 3 atom stereocenters. The molecule has 2 aromatic rings. The molecular weight excluding hydrogens is 350 g/mol. The topological polar surface area (TPSA) is 88.0 Å². The Morgan fingerprint density at radius 1 is 1.27 bits per heavy atom. The first-order valence-corrected chi connectivity index (χ1v) is 10.9. The summed E-state index contributed by atoms with van der Waals surface area (Å²) in [5.74, 6) is 0.863. The van der Waals surface area contributed by atoms with Crippen molar-refractivity contribution in [2.45, 2.75) is 31.0 Å². The van der Waals surface area contributed by atoms with E-state index in [4.69, 9.17) is 0 Å². The minimum absolute atomic E-state index is 0.0823. The molecule has 2 saturated heterocycles. The van der Waals surface area contributed by atoms with Crippen molar-refractivity contribution in [2.24, 2.45) is 0 Å². The van der Waals surface area contributed by atoms with Gasteiger partial charge in [-0.2, -0.15) is 0 Å². The van der Waals surface area contributed by atoms with Crippen molar-refractivity contribution in [3.63, 3.8) is 0 Å². The lowest BCUT2D eigenvalue weighted by Gasteiger charge is -2.21. The summed E-state index contributed by atoms with van der Waals surface area (Å²) in [7, 11) is -2.84. The molecule has 0 aliphatic carbocycles. The summed E-state index contributed by atoms with van der Waals surface area (Å²) in [6.45, 7) is 2.37. The van der Waals surface area contributed by atoms with Crippen molar-refractivity contribution in [3.8, 4) is 0 Å². The molecule has 3 heterocycles. The molecule has 3 unspecified atom stereocenters. The molecule has 7 nitrogen and oxygen atoms in total. The Kier molecular flexibility index (Phi) is 5.08. The van der Waals surface area contributed by atoms with E-state index in [0.717, 1.165) is 19.6 Å². The first-order chi connectivity index (χ1) is 12.6. The highest BCUT2D eigenvalue weighted by molar-refractivity contribution is 7.91. The van der Waals surface area contributed by atoms with Crippen LogP contribution in [0.1, 0.15) is 29.6 Å². The maximum atomic E-state index is 11.6. The van der Waals surface area contributed by atoms with Crippen molar-refractivity contribution < 1.29 is 8.42 Å². The summed E-state index contributed by atoms with van der Waals surface area (Å²) in [6, 6.07) is 10.7. The lowest BCUT2D eigenvalue weighted by molar-refractivity contribution is 0.493. The maximum Gasteiger partial charge on any atom is 0.151 e. The van der Waals surface area contributed by atoms with Crippen LogP contribution < -0.4 is 16.2 Å². The number of aromatic nitrogens is 2. The van der Waals surface area contributed by atoms with Gasteiger partial charge in [0.15, 0.2) is 9.84 Å². The zero-order chi connectivity index (χ0) is 18.0. The van der Waals surface area contributed by atoms with E-state index >= 15 is 0 Å². The van der Waals surface area contributed by atoms with E-state index in [2.05, 4.69) is 50.0 Å². The third-order valence-corrected chi connectivity index (χ3v) is 7.05. The second kappa shape index (κ2) is 7.48. The van der Waals surface area contributed by atoms with Crippen LogP contribution in [0.5, 0.6) is 0 Å². The fourth-order valence-corrected chi connectivity index (χ4v) is 5.63. The molecule has 140 valence electrons. The van der Waals surface area contributed by atoms with E-state index < -0.39 is 9.84 Å². The Labute approximate surface area is 154 Å². The van der Waals surface area contributed by atoms with E-state index in [-0.39, 0.29) is 17.8 Å². The monoisotopic (exact) mass is 375 g/mol. The molecule has 26 heavy (non-hydrogen) atoms. The van der Waals surface area contributed by atoms with Crippen molar-refractivity contribution in [3.05, 3.63) is 54.1 Å². The van der Waals surface area contributed by atoms with E-state index in [1.165, 1.54) is 11.3 Å². The fourth-order valence-electron chi connectivity index (χ4n) is 3.92. The number of rotatable bonds is 6. The molecule has 2 fully saturated rings. The fraction of sp³-hybridized carbons (Fsp3) is 0.500. The van der Waals surface area contributed by atoms with Crippen molar-refractivity contribution in [2.75, 3.05) is 24.6 Å². The highest BCUT2D eigenvalue weighted by Gasteiger charge is 2.32. The van der Waals surface area contributed by atoms with E-state index in [9.17, 15) is 8.42 Å². The number of benzene rings is 1. The third-order valence-electron chi connectivity index (χ3n) is 5.28. The maximum absolute atomic E-state index is 11.6. The van der Waals surface area contributed by atoms with Crippen LogP contribution >= 0.6 is 0 Å². The first-order valence-electron chi connectivity index (χ1n) is 9.09. The Balaban J connectivity index is 1.40. The van der Waals surface area contributed by atoms with Gasteiger partial charge in [0.25, 0.3) is 0 Å². The van der Waals surface area contributed by atoms with E-state index in [1.54, 1.807) is 0 Å². The number of hydrogen-bond donors (Lipinski definition) is 3. The van der Waals surface area contributed by atoms with Crippen LogP contribution in [-0.4, -0.2) is 48.6 Å². The summed E-state index contributed by atoms with van der Waals surface area (Å²) >= 11 is 0. The van der Waals surface area contributed by atoms with Gasteiger partial charge in [-0.3, -0.25) is 5.43 Å². The van der Waals surface area contributed by atoms with Gasteiger partial charge in [0.1, 0.15) is 0 Å². The second-order valence-electron chi connectivity index (χ2n) is 7.09. The summed E-state index contributed by atoms with van der Waals surface area (Å²) in [5.41, 5.74) is 9.09. The zero-order valence-corrected chi connectivity index (χ0v) is 15.5. The smallest absolute Gasteiger partial charge is 0.151 e. The molecular formula is C18H25N5O2S. The molecule has 0 radical (unpaired) electrons. The predicted octanol–water partition coefficient (Wildman–Crippen LogP) is 0.593. The van der Waals surface area contributed by atoms with Crippen LogP contribution in [0.2, 0.25) is 0 Å². The summed E-state index contributed by atoms with van der Waals surface area (Å²) in [5, 5.41) is 3.38. The molecule has 1 aromatic carbocycles. The Hall–Kier alpha value is -1.74. The Morgan fingerprint density at radius 2 is 2.12 bits per heavy atom. The lowest BCUT2D eigenvalue weighted by Crippen LogP contribution is -2.33. The van der Waals surface area contributed by atoms with Crippen molar-refractivity contribution in [1.82, 2.24) is 25.7 Å². The lowest BCUT2D eigenvalue weighted by atomic mass is 9.92. The molecule has 0 spiro atoms. The van der Waals surface area contributed by atoms with Crippen LogP contribution in [0.3, 0.4) is 0 Å². The van der Waals surface area contributed by atoms with Gasteiger partial charge >= 0.3 is 0 Å². The molecule has 8 heteroatoms. The molecule has 0 saturated carbocycles. The van der Waals surface area contributed by atoms with Gasteiger partial charge in [-0.15, -0.1) is 0 Å². The minimum Gasteiger partial charge on any atom is -0.333 e. The average Bonchev–Trinajstić information content (AvgIpc) is 3.35. The molecule has 0 amide bonds. The number of hydrogen-bond acceptors (Lipinski definition) is 6. The second-order valence-corrected chi connectivity index (χ2v) is 9.31. The molecule has 2 aliphatic rings. The van der Waals surface area contributed by atoms with Crippen LogP contribution in [0.15, 0.2) is 42.9 Å². The Bertz CT molecular complexity index is 836. The van der Waals surface area contributed by atoms with Gasteiger partial charge in [0.05, 0.1) is 23.9 Å². The summed E-state index contributed by atoms with van der Waals surface area (Å²) in [4.78, 5) is 4.35. The number of sulfone groups is 1. The molecule has 0 bridgehead atoms. The van der Waals surface area contributed by atoms with Gasteiger partial charge < -0.3 is 9.88 Å². The number of imidazole rings is 1. The largest absolute Gasteiger partial charge is 0.333 e. The van der Waals surface area contributed by atoms with Crippen LogP contribution in [0.25, 0.3) is 0 Å². The van der Waals surface area contributed by atoms with Crippen LogP contribution in [0, 0.1) is 0 Å². The van der Waals surface area contributed by atoms with Gasteiger partial charge in [0.2, 0.25) is 0 Å². The standard InChI is InChI=1S/C18H25N5O2S/c24-26(25)9-6-15(12-26)20-7-8-23-13-19-11-17(23)16-10-21-22-18(16)14-4-2-1-3-5-14/h1-5,11,13,15-16,18,20-22H,6-10,12H2. The van der Waals surface area contributed by atoms with Gasteiger partial charge in [-0.25, -0.2) is 18.8 Å². The van der Waals surface area contributed by atoms with Crippen molar-refractivity contribution in [1.29, 1.82) is 0 Å². The highest BCUT2D eigenvalue weighted by atomic mass is 32.2. The summed E-state index contributed by atoms with van der Waals surface area (Å²) in [6.07, 6.45) is 4.52. The SMILES string of the molecule is O=S1(=O)CCC(NCCn2cncc2C2CNNC2c2ccccc2)C1. The zero-order valence-electron chi connectivity index (χ0n) is 14.6. The third kappa shape index (κ3) is 3.83. The normalized spacial score (nSPS) is 27.8. The molecule has 2 aliphatic heterocycles. The van der Waals surface area contributed by atoms with E-state index in [1.807, 2.05) is 18.6 Å². The minimum atomic E-state index is -2.84. The predicted molar refractivity (Wildman–Crippen MR) is 100 cm³/mol. The highest BCUT2D eigenvalue weighted by Crippen LogP contribution is 2.32. The number of hydrazine groups is 1. The van der Waals surface area contributed by atoms with E-state index in [0.29, 0.717) is 18.1 Å². The average molecular weight is 375 g/mol. The number of nitrogens with one attached hydrogen (secondary N) is 3. The van der Waals surface area contributed by atoms with Crippen LogP contribution in [-0.2, 0) is 16.4 Å². The van der Waals surface area contributed by atoms with Gasteiger partial charge in [-0.05, 0) is 12.0 Å². The van der Waals surface area contributed by atoms with Crippen molar-refractivity contribution >= 4 is 9.84 Å². The van der Waals surface area contributed by atoms with Gasteiger partial charge in [0, 0.05) is 43.5 Å². The molecule has 4 rings (SSSR count). The Morgan fingerprint density at radius 3 is 2.88 bits per heavy atom. The van der Waals surface area contributed by atoms with Gasteiger partial charge in [-0.1, -0.05) is 30.3 Å². The molecule has 3 N–H and O–H groups in total. The number of nitrogens with zero attached hydrogens (tertiary/aromatic N) is 2. The first kappa shape index (κ1) is 17.7. The van der Waals surface area contributed by atoms with Crippen LogP contribution in [0.4, 0.5) is 0 Å². The molecule has 1 aromatic heterocycles. The summed E-state index contributed by atoms with van der Waals surface area (Å²) < 4.78 is 25.3. The quantitative estimate of drug-likeness (QED) is 0.685.